The molecule has 5 rings (SSSR count). The molecular formula is C23H29N5O3. The summed E-state index contributed by atoms with van der Waals surface area (Å²) in [6.45, 7) is 4.85. The van der Waals surface area contributed by atoms with E-state index in [2.05, 4.69) is 10.00 Å². The molecule has 0 N–H and O–H groups in total. The third-order valence-corrected chi connectivity index (χ3v) is 7.04. The maximum absolute atomic E-state index is 13.2. The number of hydrogen-bond donors (Lipinski definition) is 0. The van der Waals surface area contributed by atoms with Gasteiger partial charge in [-0.25, -0.2) is 0 Å². The van der Waals surface area contributed by atoms with Crippen molar-refractivity contribution in [3.05, 3.63) is 36.2 Å². The summed E-state index contributed by atoms with van der Waals surface area (Å²) in [6, 6.07) is 6.24. The highest BCUT2D eigenvalue weighted by Gasteiger charge is 2.44. The quantitative estimate of drug-likeness (QED) is 0.734. The van der Waals surface area contributed by atoms with Gasteiger partial charge in [-0.05, 0) is 30.5 Å². The van der Waals surface area contributed by atoms with Gasteiger partial charge in [-0.3, -0.25) is 19.2 Å². The highest BCUT2D eigenvalue weighted by Crippen LogP contribution is 2.35. The van der Waals surface area contributed by atoms with Crippen molar-refractivity contribution in [1.82, 2.24) is 24.5 Å². The topological polar surface area (TPSA) is 70.9 Å². The van der Waals surface area contributed by atoms with Crippen LogP contribution >= 0.6 is 0 Å². The van der Waals surface area contributed by atoms with Crippen LogP contribution in [0.15, 0.2) is 30.6 Å². The highest BCUT2D eigenvalue weighted by atomic mass is 16.5. The lowest BCUT2D eigenvalue weighted by Gasteiger charge is -2.36. The number of aryl methyl sites for hydroxylation is 1. The third kappa shape index (κ3) is 3.59. The number of ether oxygens (including phenoxy) is 1. The van der Waals surface area contributed by atoms with Crippen molar-refractivity contribution in [1.29, 1.82) is 0 Å². The van der Waals surface area contributed by atoms with Crippen LogP contribution in [0.25, 0.3) is 11.1 Å². The Bertz CT molecular complexity index is 1010. The van der Waals surface area contributed by atoms with Crippen LogP contribution < -0.4 is 4.74 Å². The Balaban J connectivity index is 1.36. The zero-order valence-corrected chi connectivity index (χ0v) is 18.3. The molecule has 2 amide bonds. The lowest BCUT2D eigenvalue weighted by Crippen LogP contribution is -2.47. The lowest BCUT2D eigenvalue weighted by molar-refractivity contribution is -0.130. The van der Waals surface area contributed by atoms with Crippen LogP contribution in [-0.2, 0) is 11.8 Å². The van der Waals surface area contributed by atoms with E-state index in [0.29, 0.717) is 17.4 Å². The van der Waals surface area contributed by atoms with E-state index in [9.17, 15) is 9.59 Å². The fourth-order valence-electron chi connectivity index (χ4n) is 5.17. The zero-order valence-electron chi connectivity index (χ0n) is 18.3. The predicted octanol–water partition coefficient (Wildman–Crippen LogP) is 1.62. The predicted molar refractivity (Wildman–Crippen MR) is 116 cm³/mol. The molecule has 8 heteroatoms. The van der Waals surface area contributed by atoms with E-state index >= 15 is 0 Å². The van der Waals surface area contributed by atoms with Gasteiger partial charge >= 0.3 is 0 Å². The smallest absolute Gasteiger partial charge is 0.257 e. The van der Waals surface area contributed by atoms with Gasteiger partial charge in [-0.15, -0.1) is 0 Å². The second-order valence-corrected chi connectivity index (χ2v) is 8.94. The zero-order chi connectivity index (χ0) is 21.7. The molecule has 31 heavy (non-hydrogen) atoms. The number of likely N-dealkylation sites (tertiary alicyclic amines) is 2. The molecule has 2 saturated heterocycles. The van der Waals surface area contributed by atoms with Gasteiger partial charge in [0.1, 0.15) is 11.9 Å². The van der Waals surface area contributed by atoms with Crippen LogP contribution in [0.5, 0.6) is 5.75 Å². The molecule has 1 aromatic carbocycles. The molecule has 3 aliphatic heterocycles. The Kier molecular flexibility index (Phi) is 4.97. The molecule has 0 saturated carbocycles. The number of piperidine rings is 1. The summed E-state index contributed by atoms with van der Waals surface area (Å²) in [5, 5.41) is 4.25. The number of amides is 2. The number of likely N-dealkylation sites (N-methyl/N-ethyl adjacent to an activating group) is 1. The van der Waals surface area contributed by atoms with Crippen LogP contribution in [0.3, 0.4) is 0 Å². The normalized spacial score (nSPS) is 24.5. The van der Waals surface area contributed by atoms with E-state index in [1.807, 2.05) is 54.5 Å². The minimum atomic E-state index is -0.0646. The van der Waals surface area contributed by atoms with E-state index in [1.54, 1.807) is 11.6 Å². The number of rotatable bonds is 2. The maximum Gasteiger partial charge on any atom is 0.257 e. The molecular weight excluding hydrogens is 394 g/mol. The molecule has 4 heterocycles. The summed E-state index contributed by atoms with van der Waals surface area (Å²) >= 11 is 0. The summed E-state index contributed by atoms with van der Waals surface area (Å²) < 4.78 is 8.24. The standard InChI is InChI=1S/C23H29N5O3/c1-15(29)27-8-6-18(7-9-27)28-13-20-22(14-28)31-21-10-16(17-11-24-25(2)12-17)4-5-19(21)23(30)26(20)3/h4-5,10-12,18,20,22H,6-9,13-14H2,1-3H3. The van der Waals surface area contributed by atoms with E-state index in [4.69, 9.17) is 4.74 Å². The number of hydrogen-bond acceptors (Lipinski definition) is 5. The average molecular weight is 424 g/mol. The van der Waals surface area contributed by atoms with Crippen LogP contribution in [0.1, 0.15) is 30.1 Å². The van der Waals surface area contributed by atoms with Crippen molar-refractivity contribution < 1.29 is 14.3 Å². The monoisotopic (exact) mass is 423 g/mol. The lowest BCUT2D eigenvalue weighted by atomic mass is 10.0. The number of fused-ring (bicyclic) bond motifs is 2. The van der Waals surface area contributed by atoms with Gasteiger partial charge < -0.3 is 14.5 Å². The highest BCUT2D eigenvalue weighted by molar-refractivity contribution is 5.98. The van der Waals surface area contributed by atoms with E-state index < -0.39 is 0 Å². The van der Waals surface area contributed by atoms with Gasteiger partial charge in [0, 0.05) is 65.0 Å². The first-order chi connectivity index (χ1) is 14.9. The largest absolute Gasteiger partial charge is 0.486 e. The van der Waals surface area contributed by atoms with Gasteiger partial charge in [-0.2, -0.15) is 5.10 Å². The molecule has 2 aromatic rings. The van der Waals surface area contributed by atoms with Crippen molar-refractivity contribution in [3.63, 3.8) is 0 Å². The van der Waals surface area contributed by atoms with Crippen LogP contribution in [0.2, 0.25) is 0 Å². The average Bonchev–Trinajstić information content (AvgIpc) is 3.37. The van der Waals surface area contributed by atoms with Gasteiger partial charge in [0.2, 0.25) is 5.91 Å². The Hall–Kier alpha value is -2.87. The van der Waals surface area contributed by atoms with Gasteiger partial charge in [0.15, 0.2) is 0 Å². The van der Waals surface area contributed by atoms with Crippen LogP contribution in [-0.4, -0.2) is 87.7 Å². The van der Waals surface area contributed by atoms with Crippen LogP contribution in [0, 0.1) is 0 Å². The Morgan fingerprint density at radius 1 is 1.13 bits per heavy atom. The maximum atomic E-state index is 13.2. The number of carbonyl (C=O) groups excluding carboxylic acids is 2. The van der Waals surface area contributed by atoms with Crippen molar-refractivity contribution in [2.45, 2.75) is 38.0 Å². The summed E-state index contributed by atoms with van der Waals surface area (Å²) in [6.07, 6.45) is 5.65. The third-order valence-electron chi connectivity index (χ3n) is 7.04. The van der Waals surface area contributed by atoms with E-state index in [-0.39, 0.29) is 24.0 Å². The SMILES string of the molecule is CC(=O)N1CCC(N2CC3Oc4cc(-c5cnn(C)c5)ccc4C(=O)N(C)C3C2)CC1. The first-order valence-corrected chi connectivity index (χ1v) is 11.0. The molecule has 1 aromatic heterocycles. The Morgan fingerprint density at radius 2 is 1.90 bits per heavy atom. The molecule has 8 nitrogen and oxygen atoms in total. The van der Waals surface area contributed by atoms with Gasteiger partial charge in [-0.1, -0.05) is 6.07 Å². The molecule has 0 bridgehead atoms. The molecule has 2 fully saturated rings. The minimum absolute atomic E-state index is 0.00786. The fraction of sp³-hybridized carbons (Fsp3) is 0.522. The van der Waals surface area contributed by atoms with Gasteiger partial charge in [0.25, 0.3) is 5.91 Å². The van der Waals surface area contributed by atoms with E-state index in [0.717, 1.165) is 50.1 Å². The summed E-state index contributed by atoms with van der Waals surface area (Å²) in [4.78, 5) is 31.1. The Morgan fingerprint density at radius 3 is 2.58 bits per heavy atom. The first-order valence-electron chi connectivity index (χ1n) is 11.0. The fourth-order valence-corrected chi connectivity index (χ4v) is 5.17. The number of nitrogens with zero attached hydrogens (tertiary/aromatic N) is 5. The van der Waals surface area contributed by atoms with Crippen molar-refractivity contribution in [2.75, 3.05) is 33.2 Å². The number of benzene rings is 1. The van der Waals surface area contributed by atoms with Gasteiger partial charge in [0.05, 0.1) is 17.8 Å². The molecule has 0 spiro atoms. The minimum Gasteiger partial charge on any atom is -0.486 e. The number of carbonyl (C=O) groups is 2. The number of aromatic nitrogens is 2. The second-order valence-electron chi connectivity index (χ2n) is 8.94. The van der Waals surface area contributed by atoms with Crippen LogP contribution in [0.4, 0.5) is 0 Å². The molecule has 0 radical (unpaired) electrons. The summed E-state index contributed by atoms with van der Waals surface area (Å²) in [7, 11) is 3.77. The molecule has 164 valence electrons. The van der Waals surface area contributed by atoms with Crippen molar-refractivity contribution in [2.24, 2.45) is 7.05 Å². The van der Waals surface area contributed by atoms with Crippen molar-refractivity contribution >= 4 is 11.8 Å². The Labute approximate surface area is 182 Å². The summed E-state index contributed by atoms with van der Waals surface area (Å²) in [5.74, 6) is 0.812. The molecule has 0 aliphatic carbocycles. The summed E-state index contributed by atoms with van der Waals surface area (Å²) in [5.41, 5.74) is 2.61. The first kappa shape index (κ1) is 20.1. The second kappa shape index (κ2) is 7.67. The molecule has 3 aliphatic rings. The van der Waals surface area contributed by atoms with E-state index in [1.165, 1.54) is 0 Å². The molecule has 2 atom stereocenters. The van der Waals surface area contributed by atoms with Crippen molar-refractivity contribution in [3.8, 4) is 16.9 Å². The molecule has 2 unspecified atom stereocenters.